The summed E-state index contributed by atoms with van der Waals surface area (Å²) >= 11 is 0. The molecular weight excluding hydrogens is 248 g/mol. The lowest BCUT2D eigenvalue weighted by atomic mass is 9.90. The van der Waals surface area contributed by atoms with Gasteiger partial charge in [0.15, 0.2) is 0 Å². The SMILES string of the molecule is CCNc1cc(CC)nc(C2CC3CCC(C2)N3C)n1. The quantitative estimate of drug-likeness (QED) is 0.916. The average molecular weight is 274 g/mol. The summed E-state index contributed by atoms with van der Waals surface area (Å²) in [4.78, 5) is 12.2. The second kappa shape index (κ2) is 5.68. The molecule has 2 aliphatic heterocycles. The zero-order chi connectivity index (χ0) is 14.1. The van der Waals surface area contributed by atoms with Gasteiger partial charge in [-0.2, -0.15) is 0 Å². The molecule has 2 unspecified atom stereocenters. The fraction of sp³-hybridized carbons (Fsp3) is 0.750. The van der Waals surface area contributed by atoms with E-state index in [0.29, 0.717) is 5.92 Å². The highest BCUT2D eigenvalue weighted by Crippen LogP contribution is 2.41. The van der Waals surface area contributed by atoms with Crippen LogP contribution in [0.15, 0.2) is 6.07 Å². The molecule has 110 valence electrons. The summed E-state index contributed by atoms with van der Waals surface area (Å²) in [7, 11) is 2.28. The number of rotatable bonds is 4. The third-order valence-electron chi connectivity index (χ3n) is 4.98. The van der Waals surface area contributed by atoms with Crippen LogP contribution in [-0.2, 0) is 6.42 Å². The Morgan fingerprint density at radius 2 is 1.90 bits per heavy atom. The number of piperidine rings is 1. The molecular formula is C16H26N4. The third kappa shape index (κ3) is 2.53. The van der Waals surface area contributed by atoms with Crippen LogP contribution in [0.2, 0.25) is 0 Å². The van der Waals surface area contributed by atoms with Crippen molar-refractivity contribution in [2.75, 3.05) is 18.9 Å². The average Bonchev–Trinajstić information content (AvgIpc) is 2.68. The number of anilines is 1. The monoisotopic (exact) mass is 274 g/mol. The van der Waals surface area contributed by atoms with Crippen molar-refractivity contribution in [2.24, 2.45) is 0 Å². The number of aryl methyl sites for hydroxylation is 1. The molecule has 0 spiro atoms. The molecule has 0 aromatic carbocycles. The number of aromatic nitrogens is 2. The highest BCUT2D eigenvalue weighted by atomic mass is 15.2. The summed E-state index contributed by atoms with van der Waals surface area (Å²) in [6.07, 6.45) is 6.14. The van der Waals surface area contributed by atoms with Gasteiger partial charge in [0, 0.05) is 36.3 Å². The van der Waals surface area contributed by atoms with Crippen LogP contribution in [0.3, 0.4) is 0 Å². The number of nitrogens with one attached hydrogen (secondary N) is 1. The van der Waals surface area contributed by atoms with E-state index in [0.717, 1.165) is 42.4 Å². The van der Waals surface area contributed by atoms with E-state index in [1.54, 1.807) is 0 Å². The number of fused-ring (bicyclic) bond motifs is 2. The smallest absolute Gasteiger partial charge is 0.134 e. The largest absolute Gasteiger partial charge is 0.370 e. The van der Waals surface area contributed by atoms with E-state index in [1.807, 2.05) is 0 Å². The van der Waals surface area contributed by atoms with Crippen LogP contribution in [0.4, 0.5) is 5.82 Å². The summed E-state index contributed by atoms with van der Waals surface area (Å²) in [5.41, 5.74) is 1.16. The topological polar surface area (TPSA) is 41.1 Å². The van der Waals surface area contributed by atoms with Gasteiger partial charge in [-0.25, -0.2) is 9.97 Å². The normalized spacial score (nSPS) is 29.6. The van der Waals surface area contributed by atoms with Crippen LogP contribution in [-0.4, -0.2) is 40.5 Å². The van der Waals surface area contributed by atoms with E-state index < -0.39 is 0 Å². The van der Waals surface area contributed by atoms with Crippen molar-refractivity contribution in [1.82, 2.24) is 14.9 Å². The van der Waals surface area contributed by atoms with Crippen molar-refractivity contribution in [3.63, 3.8) is 0 Å². The second-order valence-corrected chi connectivity index (χ2v) is 6.21. The lowest BCUT2D eigenvalue weighted by Gasteiger charge is -2.35. The summed E-state index contributed by atoms with van der Waals surface area (Å²) in [5.74, 6) is 2.62. The minimum Gasteiger partial charge on any atom is -0.370 e. The van der Waals surface area contributed by atoms with Crippen molar-refractivity contribution in [1.29, 1.82) is 0 Å². The third-order valence-corrected chi connectivity index (χ3v) is 4.98. The van der Waals surface area contributed by atoms with Crippen molar-refractivity contribution >= 4 is 5.82 Å². The van der Waals surface area contributed by atoms with Crippen molar-refractivity contribution < 1.29 is 0 Å². The van der Waals surface area contributed by atoms with Gasteiger partial charge in [0.1, 0.15) is 11.6 Å². The number of nitrogens with zero attached hydrogens (tertiary/aromatic N) is 3. The Hall–Kier alpha value is -1.16. The predicted octanol–water partition coefficient (Wildman–Crippen LogP) is 2.81. The van der Waals surface area contributed by atoms with Gasteiger partial charge in [-0.3, -0.25) is 0 Å². The molecule has 20 heavy (non-hydrogen) atoms. The minimum atomic E-state index is 0.549. The Kier molecular flexibility index (Phi) is 3.92. The van der Waals surface area contributed by atoms with Gasteiger partial charge in [0.05, 0.1) is 0 Å². The molecule has 0 amide bonds. The van der Waals surface area contributed by atoms with Gasteiger partial charge in [-0.1, -0.05) is 6.92 Å². The van der Waals surface area contributed by atoms with E-state index in [2.05, 4.69) is 37.2 Å². The van der Waals surface area contributed by atoms with Crippen molar-refractivity contribution in [3.8, 4) is 0 Å². The van der Waals surface area contributed by atoms with E-state index in [9.17, 15) is 0 Å². The second-order valence-electron chi connectivity index (χ2n) is 6.21. The maximum Gasteiger partial charge on any atom is 0.134 e. The minimum absolute atomic E-state index is 0.549. The molecule has 2 saturated heterocycles. The van der Waals surface area contributed by atoms with Gasteiger partial charge in [0.25, 0.3) is 0 Å². The van der Waals surface area contributed by atoms with E-state index >= 15 is 0 Å². The Morgan fingerprint density at radius 3 is 2.50 bits per heavy atom. The standard InChI is InChI=1S/C16H26N4/c1-4-12-10-15(17-5-2)19-16(18-12)11-8-13-6-7-14(9-11)20(13)3/h10-11,13-14H,4-9H2,1-3H3,(H,17,18,19). The molecule has 2 bridgehead atoms. The van der Waals surface area contributed by atoms with Crippen LogP contribution in [0.25, 0.3) is 0 Å². The Labute approximate surface area is 122 Å². The summed E-state index contributed by atoms with van der Waals surface area (Å²) < 4.78 is 0. The van der Waals surface area contributed by atoms with E-state index in [4.69, 9.17) is 9.97 Å². The molecule has 0 saturated carbocycles. The Bertz CT molecular complexity index is 460. The van der Waals surface area contributed by atoms with Crippen LogP contribution in [0.1, 0.15) is 57.0 Å². The molecule has 1 aromatic rings. The molecule has 1 N–H and O–H groups in total. The summed E-state index contributed by atoms with van der Waals surface area (Å²) in [5, 5.41) is 3.35. The van der Waals surface area contributed by atoms with Crippen LogP contribution in [0.5, 0.6) is 0 Å². The number of hydrogen-bond acceptors (Lipinski definition) is 4. The van der Waals surface area contributed by atoms with Gasteiger partial charge < -0.3 is 10.2 Å². The molecule has 4 nitrogen and oxygen atoms in total. The summed E-state index contributed by atoms with van der Waals surface area (Å²) in [6.45, 7) is 5.20. The first-order chi connectivity index (χ1) is 9.71. The van der Waals surface area contributed by atoms with Crippen LogP contribution < -0.4 is 5.32 Å². The van der Waals surface area contributed by atoms with Gasteiger partial charge in [-0.05, 0) is 46.1 Å². The maximum atomic E-state index is 4.81. The summed E-state index contributed by atoms with van der Waals surface area (Å²) in [6, 6.07) is 3.58. The zero-order valence-corrected chi connectivity index (χ0v) is 12.9. The van der Waals surface area contributed by atoms with Gasteiger partial charge in [-0.15, -0.1) is 0 Å². The van der Waals surface area contributed by atoms with E-state index in [-0.39, 0.29) is 0 Å². The van der Waals surface area contributed by atoms with E-state index in [1.165, 1.54) is 25.7 Å². The predicted molar refractivity (Wildman–Crippen MR) is 82.1 cm³/mol. The number of hydrogen-bond donors (Lipinski definition) is 1. The van der Waals surface area contributed by atoms with Gasteiger partial charge >= 0.3 is 0 Å². The maximum absolute atomic E-state index is 4.81. The zero-order valence-electron chi connectivity index (χ0n) is 12.9. The molecule has 2 fully saturated rings. The molecule has 1 aromatic heterocycles. The fourth-order valence-electron chi connectivity index (χ4n) is 3.78. The molecule has 4 heteroatoms. The first-order valence-electron chi connectivity index (χ1n) is 8.04. The van der Waals surface area contributed by atoms with Gasteiger partial charge in [0.2, 0.25) is 0 Å². The molecule has 0 radical (unpaired) electrons. The molecule has 0 aliphatic carbocycles. The molecule has 3 heterocycles. The lowest BCUT2D eigenvalue weighted by molar-refractivity contribution is 0.159. The highest BCUT2D eigenvalue weighted by Gasteiger charge is 2.39. The van der Waals surface area contributed by atoms with Crippen LogP contribution >= 0.6 is 0 Å². The fourth-order valence-corrected chi connectivity index (χ4v) is 3.78. The Balaban J connectivity index is 1.84. The van der Waals surface area contributed by atoms with Crippen molar-refractivity contribution in [2.45, 2.75) is 64.0 Å². The lowest BCUT2D eigenvalue weighted by Crippen LogP contribution is -2.39. The first kappa shape index (κ1) is 13.8. The van der Waals surface area contributed by atoms with Crippen molar-refractivity contribution in [3.05, 3.63) is 17.6 Å². The first-order valence-corrected chi connectivity index (χ1v) is 8.04. The molecule has 2 aliphatic rings. The molecule has 2 atom stereocenters. The van der Waals surface area contributed by atoms with Crippen LogP contribution in [0, 0.1) is 0 Å². The highest BCUT2D eigenvalue weighted by molar-refractivity contribution is 5.36. The molecule has 3 rings (SSSR count). The Morgan fingerprint density at radius 1 is 1.20 bits per heavy atom.